The number of carbonyl (C=O) groups excluding carboxylic acids is 1. The minimum absolute atomic E-state index is 0.172. The van der Waals surface area contributed by atoms with Gasteiger partial charge in [-0.1, -0.05) is 12.1 Å². The summed E-state index contributed by atoms with van der Waals surface area (Å²) in [5, 5.41) is 0. The summed E-state index contributed by atoms with van der Waals surface area (Å²) in [6.45, 7) is 8.05. The first-order chi connectivity index (χ1) is 8.10. The first-order valence-corrected chi connectivity index (χ1v) is 6.22. The number of benzene rings is 1. The van der Waals surface area contributed by atoms with Crippen molar-refractivity contribution in [2.45, 2.75) is 33.3 Å². The van der Waals surface area contributed by atoms with Gasteiger partial charge in [0, 0.05) is 6.07 Å². The van der Waals surface area contributed by atoms with Crippen molar-refractivity contribution in [1.29, 1.82) is 0 Å². The molecule has 1 aromatic rings. The molecule has 0 aromatic heterocycles. The summed E-state index contributed by atoms with van der Waals surface area (Å²) in [5.74, 6) is -0.172. The van der Waals surface area contributed by atoms with Gasteiger partial charge in [0.25, 0.3) is 0 Å². The lowest BCUT2D eigenvalue weighted by molar-refractivity contribution is -0.155. The molecule has 100 valence electrons. The fraction of sp³-hybridized carbons (Fsp3) is 0.533. The molecule has 0 unspecified atom stereocenters. The van der Waals surface area contributed by atoms with Gasteiger partial charge in [-0.2, -0.15) is 0 Å². The quantitative estimate of drug-likeness (QED) is 0.609. The van der Waals surface area contributed by atoms with Crippen molar-refractivity contribution in [3.63, 3.8) is 0 Å². The number of likely N-dealkylation sites (N-methyl/N-ethyl adjacent to an activating group) is 1. The van der Waals surface area contributed by atoms with E-state index in [1.807, 2.05) is 47.0 Å². The van der Waals surface area contributed by atoms with Crippen LogP contribution in [0.25, 0.3) is 0 Å². The summed E-state index contributed by atoms with van der Waals surface area (Å²) in [4.78, 5) is 11.9. The molecule has 0 N–H and O–H groups in total. The average molecular weight is 250 g/mol. The van der Waals surface area contributed by atoms with Crippen molar-refractivity contribution in [1.82, 2.24) is 4.48 Å². The Hall–Kier alpha value is -1.35. The summed E-state index contributed by atoms with van der Waals surface area (Å²) in [7, 11) is 4.03. The Morgan fingerprint density at radius 2 is 1.89 bits per heavy atom. The molecule has 0 saturated heterocycles. The molecule has 0 aliphatic carbocycles. The van der Waals surface area contributed by atoms with E-state index in [1.165, 1.54) is 5.56 Å². The van der Waals surface area contributed by atoms with Crippen LogP contribution in [0.1, 0.15) is 26.3 Å². The van der Waals surface area contributed by atoms with Gasteiger partial charge in [0.2, 0.25) is 0 Å². The normalized spacial score (nSPS) is 12.3. The lowest BCUT2D eigenvalue weighted by atomic mass is 10.2. The van der Waals surface area contributed by atoms with Crippen LogP contribution in [0.5, 0.6) is 0 Å². The standard InChI is InChI=1S/C15H24NO2/c1-12-8-7-9-13(10-12)16(5,6)11-14(17)18-15(2,3)4/h7-10H,11H2,1-6H3/q+1. The number of nitrogens with zero attached hydrogens (tertiary/aromatic N) is 1. The molecule has 0 fully saturated rings. The Bertz CT molecular complexity index is 430. The minimum Gasteiger partial charge on any atom is -0.456 e. The van der Waals surface area contributed by atoms with Crippen LogP contribution in [0, 0.1) is 6.92 Å². The molecule has 0 aliphatic rings. The highest BCUT2D eigenvalue weighted by molar-refractivity contribution is 5.74. The second-order valence-electron chi connectivity index (χ2n) is 6.27. The van der Waals surface area contributed by atoms with Crippen molar-refractivity contribution in [3.05, 3.63) is 29.8 Å². The minimum atomic E-state index is -0.427. The Morgan fingerprint density at radius 1 is 1.28 bits per heavy atom. The number of hydrogen-bond donors (Lipinski definition) is 0. The average Bonchev–Trinajstić information content (AvgIpc) is 2.13. The van der Waals surface area contributed by atoms with Gasteiger partial charge < -0.3 is 4.74 Å². The molecule has 0 amide bonds. The van der Waals surface area contributed by atoms with Crippen LogP contribution in [0.4, 0.5) is 5.69 Å². The smallest absolute Gasteiger partial charge is 0.362 e. The Balaban J connectivity index is 2.79. The van der Waals surface area contributed by atoms with Gasteiger partial charge in [-0.25, -0.2) is 4.79 Å². The van der Waals surface area contributed by atoms with E-state index in [0.717, 1.165) is 5.69 Å². The van der Waals surface area contributed by atoms with Gasteiger partial charge >= 0.3 is 5.97 Å². The molecule has 3 heteroatoms. The van der Waals surface area contributed by atoms with Crippen LogP contribution in [0.2, 0.25) is 0 Å². The highest BCUT2D eigenvalue weighted by Gasteiger charge is 2.27. The number of hydrogen-bond acceptors (Lipinski definition) is 2. The fourth-order valence-electron chi connectivity index (χ4n) is 1.79. The van der Waals surface area contributed by atoms with Gasteiger partial charge in [-0.05, 0) is 39.3 Å². The van der Waals surface area contributed by atoms with Crippen molar-refractivity contribution >= 4 is 11.7 Å². The van der Waals surface area contributed by atoms with Crippen molar-refractivity contribution in [2.24, 2.45) is 0 Å². The number of aryl methyl sites for hydroxylation is 1. The number of esters is 1. The summed E-state index contributed by atoms with van der Waals surface area (Å²) in [5.41, 5.74) is 1.88. The third-order valence-electron chi connectivity index (χ3n) is 2.65. The molecule has 0 saturated carbocycles. The second-order valence-corrected chi connectivity index (χ2v) is 6.27. The third kappa shape index (κ3) is 4.49. The first kappa shape index (κ1) is 14.7. The SMILES string of the molecule is Cc1cccc([N+](C)(C)CC(=O)OC(C)(C)C)c1. The van der Waals surface area contributed by atoms with Crippen LogP contribution in [-0.4, -0.2) is 32.2 Å². The van der Waals surface area contributed by atoms with Gasteiger partial charge in [0.05, 0.1) is 14.1 Å². The molecule has 0 aliphatic heterocycles. The molecule has 0 spiro atoms. The van der Waals surface area contributed by atoms with E-state index < -0.39 is 5.60 Å². The van der Waals surface area contributed by atoms with Gasteiger partial charge in [0.1, 0.15) is 11.3 Å². The number of rotatable bonds is 3. The summed E-state index contributed by atoms with van der Waals surface area (Å²) in [6, 6.07) is 8.21. The first-order valence-electron chi connectivity index (χ1n) is 6.22. The maximum absolute atomic E-state index is 11.9. The lowest BCUT2D eigenvalue weighted by Gasteiger charge is -2.30. The van der Waals surface area contributed by atoms with Crippen molar-refractivity contribution < 1.29 is 9.53 Å². The predicted molar refractivity (Wildman–Crippen MR) is 75.5 cm³/mol. The number of quaternary nitrogens is 1. The molecular formula is C15H24NO2+. The van der Waals surface area contributed by atoms with Crippen molar-refractivity contribution in [3.8, 4) is 0 Å². The van der Waals surface area contributed by atoms with E-state index in [2.05, 4.69) is 19.1 Å². The zero-order valence-corrected chi connectivity index (χ0v) is 12.3. The maximum Gasteiger partial charge on any atom is 0.362 e. The topological polar surface area (TPSA) is 26.3 Å². The zero-order chi connectivity index (χ0) is 14.0. The maximum atomic E-state index is 11.9. The highest BCUT2D eigenvalue weighted by atomic mass is 16.6. The van der Waals surface area contributed by atoms with E-state index in [1.54, 1.807) is 0 Å². The molecule has 1 aromatic carbocycles. The number of ether oxygens (including phenoxy) is 1. The molecule has 0 radical (unpaired) electrons. The van der Waals surface area contributed by atoms with Crippen LogP contribution >= 0.6 is 0 Å². The Kier molecular flexibility index (Phi) is 4.17. The molecule has 1 rings (SSSR count). The van der Waals surface area contributed by atoms with E-state index in [4.69, 9.17) is 4.74 Å². The van der Waals surface area contributed by atoms with Gasteiger partial charge in [-0.3, -0.25) is 4.48 Å². The molecule has 0 heterocycles. The van der Waals surface area contributed by atoms with Gasteiger partial charge in [0.15, 0.2) is 6.54 Å². The van der Waals surface area contributed by atoms with Crippen LogP contribution < -0.4 is 4.48 Å². The molecule has 0 bridgehead atoms. The fourth-order valence-corrected chi connectivity index (χ4v) is 1.79. The molecule has 3 nitrogen and oxygen atoms in total. The molecular weight excluding hydrogens is 226 g/mol. The lowest BCUT2D eigenvalue weighted by Crippen LogP contribution is -2.46. The zero-order valence-electron chi connectivity index (χ0n) is 12.3. The summed E-state index contributed by atoms with van der Waals surface area (Å²) in [6.07, 6.45) is 0. The monoisotopic (exact) mass is 250 g/mol. The molecule has 0 atom stereocenters. The number of carbonyl (C=O) groups is 1. The van der Waals surface area contributed by atoms with Crippen LogP contribution in [0.3, 0.4) is 0 Å². The Morgan fingerprint density at radius 3 is 2.39 bits per heavy atom. The second kappa shape index (κ2) is 5.11. The van der Waals surface area contributed by atoms with Crippen molar-refractivity contribution in [2.75, 3.05) is 20.6 Å². The summed E-state index contributed by atoms with van der Waals surface area (Å²) >= 11 is 0. The Labute approximate surface area is 110 Å². The molecule has 18 heavy (non-hydrogen) atoms. The highest BCUT2D eigenvalue weighted by Crippen LogP contribution is 2.20. The van der Waals surface area contributed by atoms with E-state index >= 15 is 0 Å². The van der Waals surface area contributed by atoms with Crippen LogP contribution in [0.15, 0.2) is 24.3 Å². The van der Waals surface area contributed by atoms with E-state index in [0.29, 0.717) is 11.0 Å². The third-order valence-corrected chi connectivity index (χ3v) is 2.65. The van der Waals surface area contributed by atoms with E-state index in [9.17, 15) is 4.79 Å². The van der Waals surface area contributed by atoms with Gasteiger partial charge in [-0.15, -0.1) is 0 Å². The predicted octanol–water partition coefficient (Wildman–Crippen LogP) is 2.90. The van der Waals surface area contributed by atoms with Crippen LogP contribution in [-0.2, 0) is 9.53 Å². The summed E-state index contributed by atoms with van der Waals surface area (Å²) < 4.78 is 5.87. The van der Waals surface area contributed by atoms with E-state index in [-0.39, 0.29) is 5.97 Å². The largest absolute Gasteiger partial charge is 0.456 e.